The Balaban J connectivity index is 0.00000145. The summed E-state index contributed by atoms with van der Waals surface area (Å²) in [6.07, 6.45) is 3.68. The fourth-order valence-electron chi connectivity index (χ4n) is 3.67. The number of carboxylic acids is 1. The van der Waals surface area contributed by atoms with Crippen molar-refractivity contribution in [3.8, 4) is 11.1 Å². The molecule has 1 aliphatic rings. The number of aliphatic hydroxyl groups excluding tert-OH is 1. The second kappa shape index (κ2) is 15.1. The molecule has 0 aromatic heterocycles. The second-order valence-electron chi connectivity index (χ2n) is 7.32. The molecule has 7 heteroatoms. The first-order valence-corrected chi connectivity index (χ1v) is 11.3. The van der Waals surface area contributed by atoms with Crippen molar-refractivity contribution in [1.82, 2.24) is 5.32 Å². The topological polar surface area (TPSA) is 95.9 Å². The quantitative estimate of drug-likeness (QED) is 0.265. The average molecular weight is 474 g/mol. The van der Waals surface area contributed by atoms with Gasteiger partial charge in [-0.05, 0) is 40.8 Å². The monoisotopic (exact) mass is 474 g/mol. The summed E-state index contributed by atoms with van der Waals surface area (Å²) in [5.74, 6) is -1.22. The maximum atomic E-state index is 12.4. The van der Waals surface area contributed by atoms with Gasteiger partial charge in [-0.2, -0.15) is 0 Å². The standard InChI is InChI=1S/C25H25NO5.C2H6.CH2B/c1-3-17(13-12-16(2)27)14-23(24(28)29)26-25(30)31-15-22-20-10-6-4-8-18(20)19-9-5-7-11-21(19)22;2*1-2/h3-13,22-23,27H,1,14-15H2,2H3,(H,26,30)(H,28,29);1-2H3;1H2/b16-12+,17-13+;;. The number of fused-ring (bicyclic) bond motifs is 3. The molecule has 1 aliphatic carbocycles. The Labute approximate surface area is 208 Å². The summed E-state index contributed by atoms with van der Waals surface area (Å²) in [6, 6.07) is 14.8. The number of benzene rings is 2. The summed E-state index contributed by atoms with van der Waals surface area (Å²) in [7, 11) is 4.25. The molecule has 183 valence electrons. The zero-order valence-corrected chi connectivity index (χ0v) is 20.5. The van der Waals surface area contributed by atoms with Crippen molar-refractivity contribution in [2.24, 2.45) is 0 Å². The predicted octanol–water partition coefficient (Wildman–Crippen LogP) is 5.56. The molecular formula is C28H33BNO5. The van der Waals surface area contributed by atoms with Gasteiger partial charge in [0.1, 0.15) is 12.6 Å². The van der Waals surface area contributed by atoms with Crippen LogP contribution < -0.4 is 5.32 Å². The molecule has 0 spiro atoms. The third-order valence-electron chi connectivity index (χ3n) is 5.17. The van der Waals surface area contributed by atoms with Crippen molar-refractivity contribution >= 4 is 26.0 Å². The first-order valence-electron chi connectivity index (χ1n) is 11.3. The van der Waals surface area contributed by atoms with Crippen LogP contribution in [0.3, 0.4) is 0 Å². The van der Waals surface area contributed by atoms with Crippen molar-refractivity contribution in [1.29, 1.82) is 0 Å². The van der Waals surface area contributed by atoms with Gasteiger partial charge < -0.3 is 20.3 Å². The van der Waals surface area contributed by atoms with E-state index in [0.29, 0.717) is 5.57 Å². The van der Waals surface area contributed by atoms with E-state index in [-0.39, 0.29) is 24.7 Å². The van der Waals surface area contributed by atoms with Crippen LogP contribution in [-0.4, -0.2) is 48.9 Å². The van der Waals surface area contributed by atoms with Crippen LogP contribution in [0.5, 0.6) is 0 Å². The van der Waals surface area contributed by atoms with Gasteiger partial charge in [0.25, 0.3) is 0 Å². The third-order valence-corrected chi connectivity index (χ3v) is 5.17. The fraction of sp³-hybridized carbons (Fsp3) is 0.250. The Morgan fingerprint density at radius 1 is 1.03 bits per heavy atom. The van der Waals surface area contributed by atoms with Crippen LogP contribution >= 0.6 is 0 Å². The van der Waals surface area contributed by atoms with Gasteiger partial charge in [-0.15, -0.1) is 0 Å². The van der Waals surface area contributed by atoms with Gasteiger partial charge in [-0.3, -0.25) is 0 Å². The Morgan fingerprint density at radius 2 is 1.54 bits per heavy atom. The molecule has 35 heavy (non-hydrogen) atoms. The summed E-state index contributed by atoms with van der Waals surface area (Å²) in [5, 5.41) is 21.2. The first-order chi connectivity index (χ1) is 16.9. The van der Waals surface area contributed by atoms with Gasteiger partial charge in [0, 0.05) is 12.3 Å². The van der Waals surface area contributed by atoms with Crippen LogP contribution in [0.1, 0.15) is 44.2 Å². The Morgan fingerprint density at radius 3 is 2.00 bits per heavy atom. The molecule has 0 saturated heterocycles. The number of carbonyl (C=O) groups excluding carboxylic acids is 1. The zero-order valence-electron chi connectivity index (χ0n) is 20.5. The zero-order chi connectivity index (χ0) is 26.4. The van der Waals surface area contributed by atoms with Crippen LogP contribution in [0, 0.1) is 0 Å². The number of ether oxygens (including phenoxy) is 1. The van der Waals surface area contributed by atoms with Gasteiger partial charge in [0.15, 0.2) is 0 Å². The van der Waals surface area contributed by atoms with E-state index in [1.807, 2.05) is 62.4 Å². The number of carboxylic acid groups (broad SMARTS) is 1. The van der Waals surface area contributed by atoms with E-state index in [4.69, 9.17) is 4.74 Å². The number of allylic oxidation sites excluding steroid dienone is 4. The molecule has 0 aliphatic heterocycles. The van der Waals surface area contributed by atoms with Gasteiger partial charge in [-0.1, -0.05) is 81.1 Å². The third kappa shape index (κ3) is 8.14. The Kier molecular flexibility index (Phi) is 12.6. The molecular weight excluding hydrogens is 441 g/mol. The molecule has 2 aromatic carbocycles. The van der Waals surface area contributed by atoms with Crippen molar-refractivity contribution in [2.75, 3.05) is 6.61 Å². The molecule has 1 atom stereocenters. The maximum absolute atomic E-state index is 12.4. The van der Waals surface area contributed by atoms with Gasteiger partial charge in [0.05, 0.1) is 5.76 Å². The van der Waals surface area contributed by atoms with Crippen LogP contribution in [0.2, 0.25) is 0 Å². The van der Waals surface area contributed by atoms with E-state index in [1.54, 1.807) is 6.08 Å². The summed E-state index contributed by atoms with van der Waals surface area (Å²) in [4.78, 5) is 24.0. The van der Waals surface area contributed by atoms with Crippen LogP contribution in [-0.2, 0) is 9.53 Å². The van der Waals surface area contributed by atoms with Crippen molar-refractivity contribution in [3.63, 3.8) is 0 Å². The van der Waals surface area contributed by atoms with Crippen LogP contribution in [0.25, 0.3) is 11.1 Å². The molecule has 3 rings (SSSR count). The van der Waals surface area contributed by atoms with E-state index < -0.39 is 18.1 Å². The number of amides is 1. The van der Waals surface area contributed by atoms with Gasteiger partial charge >= 0.3 is 26.0 Å². The van der Waals surface area contributed by atoms with Gasteiger partial charge in [-0.25, -0.2) is 9.59 Å². The summed E-state index contributed by atoms with van der Waals surface area (Å²) >= 11 is 0. The number of alkyl carbamates (subject to hydrolysis) is 1. The average Bonchev–Trinajstić information content (AvgIpc) is 3.20. The molecule has 1 radical (unpaired) electrons. The molecule has 0 heterocycles. The molecule has 0 saturated carbocycles. The second-order valence-corrected chi connectivity index (χ2v) is 7.32. The number of nitrogens with one attached hydrogen (secondary N) is 1. The molecule has 2 aromatic rings. The van der Waals surface area contributed by atoms with Gasteiger partial charge in [0.2, 0.25) is 0 Å². The minimum absolute atomic E-state index is 0.00675. The predicted molar refractivity (Wildman–Crippen MR) is 143 cm³/mol. The number of carbonyl (C=O) groups is 2. The molecule has 6 nitrogen and oxygen atoms in total. The fourth-order valence-corrected chi connectivity index (χ4v) is 3.67. The molecule has 3 N–H and O–H groups in total. The summed E-state index contributed by atoms with van der Waals surface area (Å²) < 4.78 is 5.42. The van der Waals surface area contributed by atoms with Crippen molar-refractivity contribution < 1.29 is 24.5 Å². The number of aliphatic hydroxyl groups is 1. The Bertz CT molecular complexity index is 1030. The van der Waals surface area contributed by atoms with Crippen molar-refractivity contribution in [3.05, 3.63) is 95.8 Å². The normalized spacial score (nSPS) is 13.0. The summed E-state index contributed by atoms with van der Waals surface area (Å²) in [6.45, 7) is 12.0. The van der Waals surface area contributed by atoms with E-state index in [2.05, 4.69) is 25.9 Å². The van der Waals surface area contributed by atoms with Crippen LogP contribution in [0.4, 0.5) is 4.79 Å². The minimum atomic E-state index is -1.19. The number of aliphatic carboxylic acids is 1. The van der Waals surface area contributed by atoms with E-state index in [1.165, 1.54) is 19.1 Å². The Hall–Kier alpha value is -3.87. The molecule has 0 bridgehead atoms. The number of hydrogen-bond donors (Lipinski definition) is 3. The first kappa shape index (κ1) is 29.2. The van der Waals surface area contributed by atoms with E-state index >= 15 is 0 Å². The van der Waals surface area contributed by atoms with Crippen molar-refractivity contribution in [2.45, 2.75) is 39.2 Å². The van der Waals surface area contributed by atoms with Crippen LogP contribution in [0.15, 0.2) is 84.7 Å². The van der Waals surface area contributed by atoms with E-state index in [0.717, 1.165) is 22.3 Å². The molecule has 0 fully saturated rings. The molecule has 1 unspecified atom stereocenters. The SMILES string of the molecule is C=C/C(=C\C=C(/C)O)CC(NC(=O)OCC1c2ccccc2-c2ccccc21)C(=O)O.CC.[B]=C. The van der Waals surface area contributed by atoms with E-state index in [9.17, 15) is 19.8 Å². The number of rotatable bonds is 8. The number of hydrogen-bond acceptors (Lipinski definition) is 4. The summed E-state index contributed by atoms with van der Waals surface area (Å²) in [5.41, 5.74) is 4.94. The molecule has 1 amide bonds.